The maximum absolute atomic E-state index is 12.8. The summed E-state index contributed by atoms with van der Waals surface area (Å²) in [6.45, 7) is 0. The van der Waals surface area contributed by atoms with Crippen LogP contribution < -0.4 is 4.90 Å². The van der Waals surface area contributed by atoms with Crippen LogP contribution in [-0.4, -0.2) is 11.8 Å². The minimum atomic E-state index is -0.198. The van der Waals surface area contributed by atoms with Gasteiger partial charge in [-0.3, -0.25) is 9.59 Å². The van der Waals surface area contributed by atoms with Crippen molar-refractivity contribution in [3.63, 3.8) is 0 Å². The molecule has 2 aromatic carbocycles. The number of rotatable bonds is 2. The summed E-state index contributed by atoms with van der Waals surface area (Å²) in [5.41, 5.74) is 2.63. The number of benzene rings is 2. The molecule has 1 saturated heterocycles. The number of carbonyl (C=O) groups is 2. The van der Waals surface area contributed by atoms with E-state index in [-0.39, 0.29) is 23.7 Å². The van der Waals surface area contributed by atoms with E-state index < -0.39 is 0 Å². The van der Waals surface area contributed by atoms with Crippen LogP contribution in [0.3, 0.4) is 0 Å². The van der Waals surface area contributed by atoms with Gasteiger partial charge >= 0.3 is 0 Å². The number of anilines is 1. The highest BCUT2D eigenvalue weighted by atomic mass is 16.2. The van der Waals surface area contributed by atoms with E-state index in [1.54, 1.807) is 0 Å². The third-order valence-corrected chi connectivity index (χ3v) is 4.74. The lowest BCUT2D eigenvalue weighted by Crippen LogP contribution is -2.31. The van der Waals surface area contributed by atoms with Crippen molar-refractivity contribution in [2.24, 2.45) is 11.8 Å². The van der Waals surface area contributed by atoms with Gasteiger partial charge in [0, 0.05) is 5.56 Å². The first kappa shape index (κ1) is 13.9. The molecule has 3 nitrogen and oxygen atoms in total. The molecular formula is C20H17NO2. The monoisotopic (exact) mass is 303 g/mol. The van der Waals surface area contributed by atoms with Gasteiger partial charge in [-0.25, -0.2) is 4.90 Å². The first-order valence-corrected chi connectivity index (χ1v) is 7.94. The van der Waals surface area contributed by atoms with Crippen molar-refractivity contribution in [1.29, 1.82) is 0 Å². The number of amides is 2. The second-order valence-corrected chi connectivity index (χ2v) is 6.05. The van der Waals surface area contributed by atoms with Gasteiger partial charge in [-0.1, -0.05) is 60.7 Å². The molecule has 2 aliphatic rings. The van der Waals surface area contributed by atoms with Gasteiger partial charge in [-0.05, 0) is 24.5 Å². The third-order valence-electron chi connectivity index (χ3n) is 4.74. The van der Waals surface area contributed by atoms with E-state index in [1.165, 1.54) is 4.90 Å². The molecule has 2 aromatic rings. The fourth-order valence-electron chi connectivity index (χ4n) is 3.57. The molecule has 0 N–H and O–H groups in total. The molecule has 114 valence electrons. The molecule has 23 heavy (non-hydrogen) atoms. The van der Waals surface area contributed by atoms with Gasteiger partial charge in [0.2, 0.25) is 11.8 Å². The van der Waals surface area contributed by atoms with Gasteiger partial charge < -0.3 is 0 Å². The molecular weight excluding hydrogens is 286 g/mol. The van der Waals surface area contributed by atoms with Crippen LogP contribution in [0.1, 0.15) is 12.8 Å². The van der Waals surface area contributed by atoms with Crippen molar-refractivity contribution in [3.8, 4) is 11.1 Å². The molecule has 0 aromatic heterocycles. The fourth-order valence-corrected chi connectivity index (χ4v) is 3.57. The summed E-state index contributed by atoms with van der Waals surface area (Å²) in [6, 6.07) is 17.5. The highest BCUT2D eigenvalue weighted by Gasteiger charge is 2.48. The molecule has 2 atom stereocenters. The average Bonchev–Trinajstić information content (AvgIpc) is 2.87. The Morgan fingerprint density at radius 1 is 0.739 bits per heavy atom. The Bertz CT molecular complexity index is 768. The smallest absolute Gasteiger partial charge is 0.238 e. The average molecular weight is 303 g/mol. The standard InChI is InChI=1S/C20H17NO2/c22-19-16-11-4-5-12-17(16)20(23)21(19)18-13-7-6-10-15(18)14-8-2-1-3-9-14/h1-10,13,16-17H,11-12H2. The number of imide groups is 1. The molecule has 1 aliphatic heterocycles. The van der Waals surface area contributed by atoms with Crippen LogP contribution in [0.15, 0.2) is 66.7 Å². The SMILES string of the molecule is O=C1C2CC=CCC2C(=O)N1c1ccccc1-c1ccccc1. The quantitative estimate of drug-likeness (QED) is 0.625. The lowest BCUT2D eigenvalue weighted by Gasteiger charge is -2.19. The van der Waals surface area contributed by atoms with Crippen molar-refractivity contribution < 1.29 is 9.59 Å². The molecule has 0 spiro atoms. The Balaban J connectivity index is 1.80. The van der Waals surface area contributed by atoms with Crippen LogP contribution in [-0.2, 0) is 9.59 Å². The second-order valence-electron chi connectivity index (χ2n) is 6.05. The molecule has 2 amide bonds. The van der Waals surface area contributed by atoms with Gasteiger partial charge in [0.05, 0.1) is 17.5 Å². The Morgan fingerprint density at radius 2 is 1.30 bits per heavy atom. The van der Waals surface area contributed by atoms with Crippen LogP contribution in [0.5, 0.6) is 0 Å². The maximum Gasteiger partial charge on any atom is 0.238 e. The Labute approximate surface area is 135 Å². The Kier molecular flexibility index (Phi) is 3.34. The van der Waals surface area contributed by atoms with Crippen LogP contribution in [0.25, 0.3) is 11.1 Å². The number of hydrogen-bond donors (Lipinski definition) is 0. The molecule has 1 fully saturated rings. The molecule has 0 bridgehead atoms. The van der Waals surface area contributed by atoms with Crippen molar-refractivity contribution in [2.45, 2.75) is 12.8 Å². The Hall–Kier alpha value is -2.68. The number of fused-ring (bicyclic) bond motifs is 1. The summed E-state index contributed by atoms with van der Waals surface area (Å²) in [7, 11) is 0. The summed E-state index contributed by atoms with van der Waals surface area (Å²) in [5, 5.41) is 0. The highest BCUT2D eigenvalue weighted by Crippen LogP contribution is 2.40. The van der Waals surface area contributed by atoms with Gasteiger partial charge in [0.25, 0.3) is 0 Å². The number of nitrogens with zero attached hydrogens (tertiary/aromatic N) is 1. The summed E-state index contributed by atoms with van der Waals surface area (Å²) in [6.07, 6.45) is 5.36. The molecule has 1 heterocycles. The number of allylic oxidation sites excluding steroid dienone is 2. The number of carbonyl (C=O) groups excluding carboxylic acids is 2. The zero-order valence-corrected chi connectivity index (χ0v) is 12.7. The van der Waals surface area contributed by atoms with E-state index in [1.807, 2.05) is 66.7 Å². The molecule has 1 aliphatic carbocycles. The zero-order valence-electron chi connectivity index (χ0n) is 12.7. The van der Waals surface area contributed by atoms with Crippen molar-refractivity contribution in [1.82, 2.24) is 0 Å². The minimum Gasteiger partial charge on any atom is -0.274 e. The first-order chi connectivity index (χ1) is 11.3. The van der Waals surface area contributed by atoms with Crippen molar-refractivity contribution >= 4 is 17.5 Å². The molecule has 0 radical (unpaired) electrons. The first-order valence-electron chi connectivity index (χ1n) is 7.94. The van der Waals surface area contributed by atoms with Crippen LogP contribution in [0.2, 0.25) is 0 Å². The number of hydrogen-bond acceptors (Lipinski definition) is 2. The lowest BCUT2D eigenvalue weighted by molar-refractivity contribution is -0.122. The van der Waals surface area contributed by atoms with Crippen molar-refractivity contribution in [3.05, 3.63) is 66.7 Å². The summed E-state index contributed by atoms with van der Waals surface area (Å²) in [5.74, 6) is -0.520. The topological polar surface area (TPSA) is 37.4 Å². The van der Waals surface area contributed by atoms with Crippen LogP contribution in [0.4, 0.5) is 5.69 Å². The van der Waals surface area contributed by atoms with E-state index in [0.29, 0.717) is 18.5 Å². The highest BCUT2D eigenvalue weighted by molar-refractivity contribution is 6.23. The summed E-state index contributed by atoms with van der Waals surface area (Å²) < 4.78 is 0. The van der Waals surface area contributed by atoms with E-state index in [9.17, 15) is 9.59 Å². The van der Waals surface area contributed by atoms with E-state index >= 15 is 0 Å². The second kappa shape index (κ2) is 5.51. The molecule has 0 saturated carbocycles. The third kappa shape index (κ3) is 2.20. The van der Waals surface area contributed by atoms with Crippen LogP contribution in [0, 0.1) is 11.8 Å². The molecule has 2 unspecified atom stereocenters. The van der Waals surface area contributed by atoms with Gasteiger partial charge in [0.15, 0.2) is 0 Å². The maximum atomic E-state index is 12.8. The molecule has 3 heteroatoms. The largest absolute Gasteiger partial charge is 0.274 e. The van der Waals surface area contributed by atoms with Gasteiger partial charge in [-0.15, -0.1) is 0 Å². The predicted octanol–water partition coefficient (Wildman–Crippen LogP) is 3.81. The van der Waals surface area contributed by atoms with E-state index in [4.69, 9.17) is 0 Å². The Morgan fingerprint density at radius 3 is 1.96 bits per heavy atom. The zero-order chi connectivity index (χ0) is 15.8. The minimum absolute atomic E-state index is 0.0623. The fraction of sp³-hybridized carbons (Fsp3) is 0.200. The van der Waals surface area contributed by atoms with Crippen LogP contribution >= 0.6 is 0 Å². The van der Waals surface area contributed by atoms with E-state index in [2.05, 4.69) is 0 Å². The summed E-state index contributed by atoms with van der Waals surface area (Å²) >= 11 is 0. The van der Waals surface area contributed by atoms with E-state index in [0.717, 1.165) is 11.1 Å². The number of para-hydroxylation sites is 1. The summed E-state index contributed by atoms with van der Waals surface area (Å²) in [4.78, 5) is 27.0. The lowest BCUT2D eigenvalue weighted by atomic mass is 9.85. The molecule has 4 rings (SSSR count). The predicted molar refractivity (Wildman–Crippen MR) is 89.7 cm³/mol. The van der Waals surface area contributed by atoms with Gasteiger partial charge in [-0.2, -0.15) is 0 Å². The normalized spacial score (nSPS) is 23.2. The van der Waals surface area contributed by atoms with Crippen molar-refractivity contribution in [2.75, 3.05) is 4.90 Å². The van der Waals surface area contributed by atoms with Gasteiger partial charge in [0.1, 0.15) is 0 Å².